The molecule has 3 nitrogen and oxygen atoms in total. The lowest BCUT2D eigenvalue weighted by Crippen LogP contribution is -2.31. The number of ether oxygens (including phenoxy) is 1. The van der Waals surface area contributed by atoms with Crippen LogP contribution in [0.5, 0.6) is 5.75 Å². The first-order valence-electron chi connectivity index (χ1n) is 7.62. The Morgan fingerprint density at radius 3 is 2.48 bits per heavy atom. The average molecular weight is 376 g/mol. The van der Waals surface area contributed by atoms with Crippen molar-refractivity contribution in [2.24, 2.45) is 0 Å². The van der Waals surface area contributed by atoms with Crippen LogP contribution < -0.4 is 10.1 Å². The van der Waals surface area contributed by atoms with Crippen molar-refractivity contribution in [1.29, 1.82) is 0 Å². The number of hydrogen-bond donors (Lipinski definition) is 1. The molecule has 0 aliphatic rings. The number of hydrogen-bond acceptors (Lipinski definition) is 2. The molecule has 0 aliphatic carbocycles. The zero-order valence-corrected chi connectivity index (χ0v) is 15.5. The second-order valence-corrected chi connectivity index (χ2v) is 6.69. The van der Waals surface area contributed by atoms with E-state index in [-0.39, 0.29) is 18.6 Å². The molecule has 2 aromatic rings. The number of benzene rings is 2. The summed E-state index contributed by atoms with van der Waals surface area (Å²) in [7, 11) is 0. The summed E-state index contributed by atoms with van der Waals surface area (Å²) in [5, 5.41) is 2.97. The Balaban J connectivity index is 1.90. The average Bonchev–Trinajstić information content (AvgIpc) is 2.51. The van der Waals surface area contributed by atoms with Gasteiger partial charge in [0.05, 0.1) is 6.04 Å². The molecule has 1 N–H and O–H groups in total. The zero-order chi connectivity index (χ0) is 17.0. The van der Waals surface area contributed by atoms with Gasteiger partial charge in [0.25, 0.3) is 5.91 Å². The van der Waals surface area contributed by atoms with Crippen LogP contribution in [0.1, 0.15) is 35.2 Å². The molecule has 0 saturated carbocycles. The number of halogens is 1. The number of nitrogens with one attached hydrogen (secondary N) is 1. The number of aryl methyl sites for hydroxylation is 3. The lowest BCUT2D eigenvalue weighted by molar-refractivity contribution is -0.123. The molecule has 1 atom stereocenters. The Kier molecular flexibility index (Phi) is 5.83. The smallest absolute Gasteiger partial charge is 0.258 e. The second kappa shape index (κ2) is 7.64. The molecule has 23 heavy (non-hydrogen) atoms. The maximum absolute atomic E-state index is 12.1. The predicted octanol–water partition coefficient (Wildman–Crippen LogP) is 4.63. The van der Waals surface area contributed by atoms with Crippen molar-refractivity contribution in [2.45, 2.75) is 33.7 Å². The van der Waals surface area contributed by atoms with Gasteiger partial charge in [-0.1, -0.05) is 34.1 Å². The summed E-state index contributed by atoms with van der Waals surface area (Å²) in [4.78, 5) is 12.1. The van der Waals surface area contributed by atoms with E-state index in [1.807, 2.05) is 38.1 Å². The Morgan fingerprint density at radius 1 is 1.09 bits per heavy atom. The number of amides is 1. The molecule has 1 amide bonds. The van der Waals surface area contributed by atoms with E-state index in [2.05, 4.69) is 47.2 Å². The van der Waals surface area contributed by atoms with Crippen LogP contribution in [0, 0.1) is 20.8 Å². The van der Waals surface area contributed by atoms with Crippen LogP contribution >= 0.6 is 15.9 Å². The van der Waals surface area contributed by atoms with Gasteiger partial charge in [-0.25, -0.2) is 0 Å². The number of carbonyl (C=O) groups excluding carboxylic acids is 1. The third-order valence-corrected chi connectivity index (χ3v) is 4.80. The first kappa shape index (κ1) is 17.5. The Bertz CT molecular complexity index is 713. The van der Waals surface area contributed by atoms with Gasteiger partial charge in [0.2, 0.25) is 0 Å². The van der Waals surface area contributed by atoms with Gasteiger partial charge in [0.15, 0.2) is 6.61 Å². The van der Waals surface area contributed by atoms with E-state index in [1.165, 1.54) is 11.1 Å². The van der Waals surface area contributed by atoms with Crippen molar-refractivity contribution >= 4 is 21.8 Å². The van der Waals surface area contributed by atoms with Crippen LogP contribution in [-0.4, -0.2) is 12.5 Å². The van der Waals surface area contributed by atoms with Crippen molar-refractivity contribution in [3.8, 4) is 5.75 Å². The van der Waals surface area contributed by atoms with E-state index in [1.54, 1.807) is 0 Å². The number of carbonyl (C=O) groups is 1. The fraction of sp³-hybridized carbons (Fsp3) is 0.316. The van der Waals surface area contributed by atoms with Gasteiger partial charge in [0, 0.05) is 4.47 Å². The molecular formula is C19H22BrNO2. The van der Waals surface area contributed by atoms with Gasteiger partial charge in [0.1, 0.15) is 5.75 Å². The summed E-state index contributed by atoms with van der Waals surface area (Å²) >= 11 is 3.44. The van der Waals surface area contributed by atoms with Gasteiger partial charge in [-0.2, -0.15) is 0 Å². The molecule has 0 spiro atoms. The van der Waals surface area contributed by atoms with Gasteiger partial charge < -0.3 is 10.1 Å². The molecule has 122 valence electrons. The molecule has 0 aromatic heterocycles. The SMILES string of the molecule is Cc1ccc([C@H](C)NC(=O)COc2ccc(Br)c(C)c2)cc1C. The fourth-order valence-corrected chi connectivity index (χ4v) is 2.50. The molecular weight excluding hydrogens is 354 g/mol. The van der Waals surface area contributed by atoms with Crippen LogP contribution in [0.3, 0.4) is 0 Å². The lowest BCUT2D eigenvalue weighted by atomic mass is 10.0. The van der Waals surface area contributed by atoms with Gasteiger partial charge in [-0.15, -0.1) is 0 Å². The third-order valence-electron chi connectivity index (χ3n) is 3.91. The van der Waals surface area contributed by atoms with Crippen LogP contribution in [0.25, 0.3) is 0 Å². The van der Waals surface area contributed by atoms with E-state index >= 15 is 0 Å². The summed E-state index contributed by atoms with van der Waals surface area (Å²) in [6.45, 7) is 8.13. The van der Waals surface area contributed by atoms with Crippen molar-refractivity contribution in [3.05, 3.63) is 63.1 Å². The predicted molar refractivity (Wildman–Crippen MR) is 96.8 cm³/mol. The van der Waals surface area contributed by atoms with Crippen LogP contribution in [0.4, 0.5) is 0 Å². The maximum Gasteiger partial charge on any atom is 0.258 e. The van der Waals surface area contributed by atoms with Gasteiger partial charge in [-0.05, 0) is 68.1 Å². The van der Waals surface area contributed by atoms with E-state index in [4.69, 9.17) is 4.74 Å². The lowest BCUT2D eigenvalue weighted by Gasteiger charge is -2.16. The minimum atomic E-state index is -0.128. The van der Waals surface area contributed by atoms with E-state index < -0.39 is 0 Å². The van der Waals surface area contributed by atoms with E-state index in [9.17, 15) is 4.79 Å². The zero-order valence-electron chi connectivity index (χ0n) is 13.9. The highest BCUT2D eigenvalue weighted by Crippen LogP contribution is 2.21. The van der Waals surface area contributed by atoms with Crippen LogP contribution in [-0.2, 0) is 4.79 Å². The molecule has 0 fully saturated rings. The standard InChI is InChI=1S/C19H22BrNO2/c1-12-5-6-16(9-13(12)2)15(4)21-19(22)11-23-17-7-8-18(20)14(3)10-17/h5-10,15H,11H2,1-4H3,(H,21,22)/t15-/m0/s1. The van der Waals surface area contributed by atoms with Crippen molar-refractivity contribution in [1.82, 2.24) is 5.32 Å². The van der Waals surface area contributed by atoms with Crippen molar-refractivity contribution < 1.29 is 9.53 Å². The largest absolute Gasteiger partial charge is 0.484 e. The molecule has 0 radical (unpaired) electrons. The van der Waals surface area contributed by atoms with Gasteiger partial charge in [-0.3, -0.25) is 4.79 Å². The molecule has 2 rings (SSSR count). The maximum atomic E-state index is 12.1. The molecule has 0 bridgehead atoms. The quantitative estimate of drug-likeness (QED) is 0.826. The van der Waals surface area contributed by atoms with Crippen molar-refractivity contribution in [3.63, 3.8) is 0 Å². The molecule has 0 heterocycles. The Labute approximate surface area is 146 Å². The fourth-order valence-electron chi connectivity index (χ4n) is 2.26. The molecule has 0 aliphatic heterocycles. The molecule has 4 heteroatoms. The molecule has 2 aromatic carbocycles. The van der Waals surface area contributed by atoms with E-state index in [0.29, 0.717) is 5.75 Å². The summed E-state index contributed by atoms with van der Waals surface area (Å²) in [5.74, 6) is 0.566. The first-order valence-corrected chi connectivity index (χ1v) is 8.41. The third kappa shape index (κ3) is 4.83. The summed E-state index contributed by atoms with van der Waals surface area (Å²) in [6, 6.07) is 11.9. The summed E-state index contributed by atoms with van der Waals surface area (Å²) < 4.78 is 6.58. The first-order chi connectivity index (χ1) is 10.9. The normalized spacial score (nSPS) is 11.9. The highest BCUT2D eigenvalue weighted by molar-refractivity contribution is 9.10. The second-order valence-electron chi connectivity index (χ2n) is 5.83. The highest BCUT2D eigenvalue weighted by Gasteiger charge is 2.11. The molecule has 0 unspecified atom stereocenters. The Morgan fingerprint density at radius 2 is 1.83 bits per heavy atom. The van der Waals surface area contributed by atoms with Crippen LogP contribution in [0.2, 0.25) is 0 Å². The summed E-state index contributed by atoms with van der Waals surface area (Å²) in [6.07, 6.45) is 0. The monoisotopic (exact) mass is 375 g/mol. The number of rotatable bonds is 5. The molecule has 0 saturated heterocycles. The highest BCUT2D eigenvalue weighted by atomic mass is 79.9. The summed E-state index contributed by atoms with van der Waals surface area (Å²) in [5.41, 5.74) is 4.65. The topological polar surface area (TPSA) is 38.3 Å². The van der Waals surface area contributed by atoms with E-state index in [0.717, 1.165) is 15.6 Å². The van der Waals surface area contributed by atoms with Crippen molar-refractivity contribution in [2.75, 3.05) is 6.61 Å². The minimum Gasteiger partial charge on any atom is -0.484 e. The van der Waals surface area contributed by atoms with Crippen LogP contribution in [0.15, 0.2) is 40.9 Å². The minimum absolute atomic E-state index is 0.0102. The Hall–Kier alpha value is -1.81. The van der Waals surface area contributed by atoms with Gasteiger partial charge >= 0.3 is 0 Å².